The summed E-state index contributed by atoms with van der Waals surface area (Å²) in [7, 11) is 0. The summed E-state index contributed by atoms with van der Waals surface area (Å²) in [5.41, 5.74) is -0.783. The van der Waals surface area contributed by atoms with E-state index in [1.54, 1.807) is 0 Å². The maximum Gasteiger partial charge on any atom is 0.335 e. The molecular formula is C14H16N2O6. The van der Waals surface area contributed by atoms with Gasteiger partial charge in [0.1, 0.15) is 0 Å². The van der Waals surface area contributed by atoms with Gasteiger partial charge < -0.3 is 15.2 Å². The number of benzene rings is 1. The maximum atomic E-state index is 12.1. The maximum absolute atomic E-state index is 12.1. The van der Waals surface area contributed by atoms with Crippen LogP contribution in [0.3, 0.4) is 0 Å². The van der Waals surface area contributed by atoms with Crippen LogP contribution in [0.25, 0.3) is 0 Å². The number of non-ortho nitro benzene ring substituents is 1. The summed E-state index contributed by atoms with van der Waals surface area (Å²) in [6.07, 6.45) is 2.79. The highest BCUT2D eigenvalue weighted by Crippen LogP contribution is 2.18. The van der Waals surface area contributed by atoms with Crippen molar-refractivity contribution in [2.24, 2.45) is 0 Å². The zero-order valence-electron chi connectivity index (χ0n) is 11.8. The van der Waals surface area contributed by atoms with E-state index >= 15 is 0 Å². The molecule has 0 saturated carbocycles. The number of nitro benzene ring substituents is 1. The molecule has 1 aromatic rings. The average molecular weight is 308 g/mol. The van der Waals surface area contributed by atoms with Gasteiger partial charge in [0.15, 0.2) is 0 Å². The number of carboxylic acids is 1. The van der Waals surface area contributed by atoms with E-state index in [0.717, 1.165) is 37.5 Å². The molecule has 1 fully saturated rings. The topological polar surface area (TPSA) is 119 Å². The molecule has 22 heavy (non-hydrogen) atoms. The van der Waals surface area contributed by atoms with Gasteiger partial charge in [-0.2, -0.15) is 0 Å². The van der Waals surface area contributed by atoms with E-state index in [-0.39, 0.29) is 17.2 Å². The molecule has 8 nitrogen and oxygen atoms in total. The van der Waals surface area contributed by atoms with Gasteiger partial charge in [-0.1, -0.05) is 0 Å². The monoisotopic (exact) mass is 308 g/mol. The lowest BCUT2D eigenvalue weighted by Crippen LogP contribution is -2.35. The summed E-state index contributed by atoms with van der Waals surface area (Å²) in [6.45, 7) is 0.949. The van der Waals surface area contributed by atoms with Gasteiger partial charge in [0, 0.05) is 30.8 Å². The molecule has 1 saturated heterocycles. The van der Waals surface area contributed by atoms with Crippen LogP contribution in [0.15, 0.2) is 18.2 Å². The van der Waals surface area contributed by atoms with Crippen LogP contribution in [-0.4, -0.2) is 41.2 Å². The Labute approximate surface area is 126 Å². The number of aromatic carboxylic acids is 1. The fourth-order valence-electron chi connectivity index (χ4n) is 2.25. The number of hydrogen-bond acceptors (Lipinski definition) is 5. The van der Waals surface area contributed by atoms with Crippen molar-refractivity contribution in [2.75, 3.05) is 13.2 Å². The van der Waals surface area contributed by atoms with Crippen LogP contribution >= 0.6 is 0 Å². The van der Waals surface area contributed by atoms with E-state index in [2.05, 4.69) is 5.32 Å². The number of rotatable bonds is 5. The van der Waals surface area contributed by atoms with Gasteiger partial charge in [0.2, 0.25) is 0 Å². The first-order chi connectivity index (χ1) is 10.5. The molecule has 1 heterocycles. The van der Waals surface area contributed by atoms with Gasteiger partial charge in [-0.05, 0) is 25.3 Å². The fraction of sp³-hybridized carbons (Fsp3) is 0.429. The van der Waals surface area contributed by atoms with E-state index in [4.69, 9.17) is 9.84 Å². The van der Waals surface area contributed by atoms with Crippen LogP contribution < -0.4 is 5.32 Å². The third kappa shape index (κ3) is 4.01. The highest BCUT2D eigenvalue weighted by molar-refractivity contribution is 5.98. The zero-order chi connectivity index (χ0) is 16.1. The second kappa shape index (κ2) is 6.99. The number of nitro groups is 1. The third-order valence-corrected chi connectivity index (χ3v) is 3.40. The number of amides is 1. The summed E-state index contributed by atoms with van der Waals surface area (Å²) in [4.78, 5) is 33.1. The lowest BCUT2D eigenvalue weighted by Gasteiger charge is -2.22. The van der Waals surface area contributed by atoms with E-state index < -0.39 is 22.5 Å². The third-order valence-electron chi connectivity index (χ3n) is 3.40. The quantitative estimate of drug-likeness (QED) is 0.630. The highest BCUT2D eigenvalue weighted by Gasteiger charge is 2.19. The van der Waals surface area contributed by atoms with E-state index in [1.807, 2.05) is 0 Å². The Morgan fingerprint density at radius 2 is 2.05 bits per heavy atom. The van der Waals surface area contributed by atoms with Gasteiger partial charge >= 0.3 is 5.97 Å². The van der Waals surface area contributed by atoms with E-state index in [9.17, 15) is 19.7 Å². The summed E-state index contributed by atoms with van der Waals surface area (Å²) >= 11 is 0. The predicted octanol–water partition coefficient (Wildman–Crippen LogP) is 1.59. The molecule has 1 atom stereocenters. The standard InChI is InChI=1S/C14H16N2O6/c17-13(15-8-12-3-1-2-4-22-12)9-5-10(14(18)19)7-11(6-9)16(20)21/h5-7,12H,1-4,8H2,(H,15,17)(H,18,19). The molecule has 1 unspecified atom stereocenters. The molecule has 8 heteroatoms. The van der Waals surface area contributed by atoms with Crippen molar-refractivity contribution in [3.05, 3.63) is 39.4 Å². The predicted molar refractivity (Wildman–Crippen MR) is 76.0 cm³/mol. The summed E-state index contributed by atoms with van der Waals surface area (Å²) in [6, 6.07) is 3.10. The van der Waals surface area contributed by atoms with E-state index in [1.165, 1.54) is 0 Å². The normalized spacial score (nSPS) is 17.7. The number of ether oxygens (including phenoxy) is 1. The van der Waals surface area contributed by atoms with Gasteiger partial charge in [-0.3, -0.25) is 14.9 Å². The van der Waals surface area contributed by atoms with Crippen molar-refractivity contribution < 1.29 is 24.4 Å². The van der Waals surface area contributed by atoms with Crippen molar-refractivity contribution >= 4 is 17.6 Å². The molecular weight excluding hydrogens is 292 g/mol. The molecule has 0 spiro atoms. The Morgan fingerprint density at radius 3 is 2.64 bits per heavy atom. The number of nitrogens with zero attached hydrogens (tertiary/aromatic N) is 1. The van der Waals surface area contributed by atoms with Crippen LogP contribution in [0.4, 0.5) is 5.69 Å². The Kier molecular flexibility index (Phi) is 5.05. The summed E-state index contributed by atoms with van der Waals surface area (Å²) in [5.74, 6) is -1.88. The number of hydrogen-bond donors (Lipinski definition) is 2. The molecule has 1 aliphatic heterocycles. The minimum Gasteiger partial charge on any atom is -0.478 e. The zero-order valence-corrected chi connectivity index (χ0v) is 11.8. The fourth-order valence-corrected chi connectivity index (χ4v) is 2.25. The molecule has 118 valence electrons. The minimum absolute atomic E-state index is 0.0533. The van der Waals surface area contributed by atoms with Crippen molar-refractivity contribution in [2.45, 2.75) is 25.4 Å². The van der Waals surface area contributed by atoms with E-state index in [0.29, 0.717) is 13.2 Å². The lowest BCUT2D eigenvalue weighted by atomic mass is 10.1. The highest BCUT2D eigenvalue weighted by atomic mass is 16.6. The van der Waals surface area contributed by atoms with Crippen molar-refractivity contribution in [1.82, 2.24) is 5.32 Å². The average Bonchev–Trinajstić information content (AvgIpc) is 2.53. The largest absolute Gasteiger partial charge is 0.478 e. The Hall–Kier alpha value is -2.48. The van der Waals surface area contributed by atoms with Crippen LogP contribution in [0.1, 0.15) is 40.0 Å². The number of nitrogens with one attached hydrogen (secondary N) is 1. The second-order valence-corrected chi connectivity index (χ2v) is 5.03. The first-order valence-electron chi connectivity index (χ1n) is 6.90. The summed E-state index contributed by atoms with van der Waals surface area (Å²) < 4.78 is 5.47. The van der Waals surface area contributed by atoms with Gasteiger partial charge in [-0.15, -0.1) is 0 Å². The Morgan fingerprint density at radius 1 is 1.32 bits per heavy atom. The Balaban J connectivity index is 2.10. The molecule has 1 amide bonds. The van der Waals surface area contributed by atoms with Crippen LogP contribution in [0, 0.1) is 10.1 Å². The molecule has 1 aromatic carbocycles. The molecule has 0 radical (unpaired) electrons. The SMILES string of the molecule is O=C(O)c1cc(C(=O)NCC2CCCCO2)cc([N+](=O)[O-])c1. The molecule has 0 aromatic heterocycles. The smallest absolute Gasteiger partial charge is 0.335 e. The van der Waals surface area contributed by atoms with Gasteiger partial charge in [0.05, 0.1) is 16.6 Å². The molecule has 2 rings (SSSR count). The number of carbonyl (C=O) groups is 2. The van der Waals surface area contributed by atoms with Gasteiger partial charge in [0.25, 0.3) is 11.6 Å². The van der Waals surface area contributed by atoms with Crippen molar-refractivity contribution in [3.8, 4) is 0 Å². The first-order valence-corrected chi connectivity index (χ1v) is 6.90. The molecule has 0 bridgehead atoms. The second-order valence-electron chi connectivity index (χ2n) is 5.03. The number of carbonyl (C=O) groups excluding carboxylic acids is 1. The number of carboxylic acid groups (broad SMARTS) is 1. The van der Waals surface area contributed by atoms with Crippen LogP contribution in [0.2, 0.25) is 0 Å². The summed E-state index contributed by atoms with van der Waals surface area (Å²) in [5, 5.41) is 22.4. The van der Waals surface area contributed by atoms with Crippen LogP contribution in [-0.2, 0) is 4.74 Å². The lowest BCUT2D eigenvalue weighted by molar-refractivity contribution is -0.384. The van der Waals surface area contributed by atoms with Gasteiger partial charge in [-0.25, -0.2) is 4.79 Å². The Bertz CT molecular complexity index is 563. The van der Waals surface area contributed by atoms with Crippen molar-refractivity contribution in [3.63, 3.8) is 0 Å². The van der Waals surface area contributed by atoms with Crippen molar-refractivity contribution in [1.29, 1.82) is 0 Å². The molecule has 1 aliphatic rings. The van der Waals surface area contributed by atoms with Crippen LogP contribution in [0.5, 0.6) is 0 Å². The molecule has 0 aliphatic carbocycles. The minimum atomic E-state index is -1.33. The molecule has 2 N–H and O–H groups in total. The first kappa shape index (κ1) is 15.9.